The van der Waals surface area contributed by atoms with Crippen LogP contribution in [0.25, 0.3) is 0 Å². The molecule has 0 heterocycles. The van der Waals surface area contributed by atoms with E-state index in [2.05, 4.69) is 13.5 Å². The van der Waals surface area contributed by atoms with E-state index in [4.69, 9.17) is 4.74 Å². The van der Waals surface area contributed by atoms with Crippen LogP contribution in [0.5, 0.6) is 0 Å². The molecule has 1 aliphatic carbocycles. The van der Waals surface area contributed by atoms with Crippen molar-refractivity contribution in [2.24, 2.45) is 5.41 Å². The third-order valence-electron chi connectivity index (χ3n) is 3.10. The summed E-state index contributed by atoms with van der Waals surface area (Å²) in [5, 5.41) is 0. The van der Waals surface area contributed by atoms with Crippen LogP contribution in [-0.4, -0.2) is 12.6 Å². The van der Waals surface area contributed by atoms with Crippen molar-refractivity contribution in [2.75, 3.05) is 6.61 Å². The fourth-order valence-corrected chi connectivity index (χ4v) is 2.01. The minimum atomic E-state index is -0.292. The average Bonchev–Trinajstić information content (AvgIpc) is 2.63. The Labute approximate surface area is 80.0 Å². The number of esters is 1. The van der Waals surface area contributed by atoms with Gasteiger partial charge in [0.05, 0.1) is 6.61 Å². The quantitative estimate of drug-likeness (QED) is 0.493. The van der Waals surface area contributed by atoms with Gasteiger partial charge in [0.2, 0.25) is 0 Å². The summed E-state index contributed by atoms with van der Waals surface area (Å²) >= 11 is 0. The summed E-state index contributed by atoms with van der Waals surface area (Å²) in [5.41, 5.74) is 0.276. The van der Waals surface area contributed by atoms with Gasteiger partial charge in [-0.1, -0.05) is 26.3 Å². The first-order valence-corrected chi connectivity index (χ1v) is 5.02. The first-order chi connectivity index (χ1) is 6.22. The highest BCUT2D eigenvalue weighted by Gasteiger charge is 2.33. The normalized spacial score (nSPS) is 19.8. The SMILES string of the molecule is C=CC(=O)OCC1(CC)CCCC1. The van der Waals surface area contributed by atoms with Gasteiger partial charge in [0.15, 0.2) is 0 Å². The van der Waals surface area contributed by atoms with E-state index < -0.39 is 0 Å². The Morgan fingerprint density at radius 3 is 2.62 bits per heavy atom. The van der Waals surface area contributed by atoms with Crippen molar-refractivity contribution >= 4 is 5.97 Å². The van der Waals surface area contributed by atoms with E-state index in [9.17, 15) is 4.79 Å². The molecule has 0 aromatic heterocycles. The van der Waals surface area contributed by atoms with Crippen LogP contribution in [0.2, 0.25) is 0 Å². The predicted molar refractivity (Wildman–Crippen MR) is 52.3 cm³/mol. The van der Waals surface area contributed by atoms with Crippen LogP contribution in [0.1, 0.15) is 39.0 Å². The molecule has 1 aliphatic rings. The first kappa shape index (κ1) is 10.3. The van der Waals surface area contributed by atoms with Gasteiger partial charge in [-0.05, 0) is 19.3 Å². The maximum Gasteiger partial charge on any atom is 0.330 e. The zero-order valence-corrected chi connectivity index (χ0v) is 8.34. The van der Waals surface area contributed by atoms with E-state index in [-0.39, 0.29) is 11.4 Å². The fraction of sp³-hybridized carbons (Fsp3) is 0.727. The number of carbonyl (C=O) groups is 1. The first-order valence-electron chi connectivity index (χ1n) is 5.02. The van der Waals surface area contributed by atoms with Crippen LogP contribution >= 0.6 is 0 Å². The predicted octanol–water partition coefficient (Wildman–Crippen LogP) is 2.69. The Balaban J connectivity index is 2.39. The van der Waals surface area contributed by atoms with E-state index >= 15 is 0 Å². The van der Waals surface area contributed by atoms with Crippen molar-refractivity contribution in [3.8, 4) is 0 Å². The number of rotatable bonds is 4. The summed E-state index contributed by atoms with van der Waals surface area (Å²) in [6.45, 7) is 6.13. The number of ether oxygens (including phenoxy) is 1. The van der Waals surface area contributed by atoms with Gasteiger partial charge in [0, 0.05) is 11.5 Å². The van der Waals surface area contributed by atoms with Gasteiger partial charge in [-0.25, -0.2) is 4.79 Å². The minimum Gasteiger partial charge on any atom is -0.462 e. The molecule has 1 fully saturated rings. The molecule has 2 nitrogen and oxygen atoms in total. The lowest BCUT2D eigenvalue weighted by Crippen LogP contribution is -2.23. The van der Waals surface area contributed by atoms with Crippen LogP contribution in [0.15, 0.2) is 12.7 Å². The molecule has 13 heavy (non-hydrogen) atoms. The molecule has 0 atom stereocenters. The van der Waals surface area contributed by atoms with Gasteiger partial charge in [-0.3, -0.25) is 0 Å². The largest absolute Gasteiger partial charge is 0.462 e. The van der Waals surface area contributed by atoms with E-state index in [0.29, 0.717) is 6.61 Å². The second-order valence-corrected chi connectivity index (χ2v) is 3.87. The monoisotopic (exact) mass is 182 g/mol. The Morgan fingerprint density at radius 2 is 2.15 bits per heavy atom. The van der Waals surface area contributed by atoms with Crippen molar-refractivity contribution < 1.29 is 9.53 Å². The Hall–Kier alpha value is -0.790. The van der Waals surface area contributed by atoms with Gasteiger partial charge in [0.25, 0.3) is 0 Å². The minimum absolute atomic E-state index is 0.276. The van der Waals surface area contributed by atoms with Crippen LogP contribution in [0.4, 0.5) is 0 Å². The number of hydrogen-bond donors (Lipinski definition) is 0. The van der Waals surface area contributed by atoms with Crippen molar-refractivity contribution in [3.63, 3.8) is 0 Å². The summed E-state index contributed by atoms with van der Waals surface area (Å²) in [4.78, 5) is 10.9. The van der Waals surface area contributed by atoms with Gasteiger partial charge in [-0.15, -0.1) is 0 Å². The molecule has 0 radical (unpaired) electrons. The molecular weight excluding hydrogens is 164 g/mol. The van der Waals surface area contributed by atoms with Crippen LogP contribution in [0, 0.1) is 5.41 Å². The van der Waals surface area contributed by atoms with Gasteiger partial charge in [0.1, 0.15) is 0 Å². The van der Waals surface area contributed by atoms with Crippen molar-refractivity contribution in [2.45, 2.75) is 39.0 Å². The van der Waals surface area contributed by atoms with Crippen LogP contribution < -0.4 is 0 Å². The number of carbonyl (C=O) groups excluding carboxylic acids is 1. The molecule has 0 amide bonds. The van der Waals surface area contributed by atoms with Gasteiger partial charge < -0.3 is 4.74 Å². The topological polar surface area (TPSA) is 26.3 Å². The second-order valence-electron chi connectivity index (χ2n) is 3.87. The molecule has 0 unspecified atom stereocenters. The lowest BCUT2D eigenvalue weighted by atomic mass is 9.84. The van der Waals surface area contributed by atoms with E-state index in [0.717, 1.165) is 6.42 Å². The molecule has 0 spiro atoms. The van der Waals surface area contributed by atoms with Crippen molar-refractivity contribution in [3.05, 3.63) is 12.7 Å². The molecule has 0 N–H and O–H groups in total. The highest BCUT2D eigenvalue weighted by Crippen LogP contribution is 2.40. The van der Waals surface area contributed by atoms with E-state index in [1.807, 2.05) is 0 Å². The molecule has 1 rings (SSSR count). The summed E-state index contributed by atoms with van der Waals surface area (Å²) in [7, 11) is 0. The standard InChI is InChI=1S/C11H18O2/c1-3-10(12)13-9-11(4-2)7-5-6-8-11/h3H,1,4-9H2,2H3. The zero-order chi connectivity index (χ0) is 9.73. The molecule has 1 saturated carbocycles. The summed E-state index contributed by atoms with van der Waals surface area (Å²) in [5.74, 6) is -0.292. The molecule has 0 aromatic rings. The fourth-order valence-electron chi connectivity index (χ4n) is 2.01. The van der Waals surface area contributed by atoms with Crippen molar-refractivity contribution in [1.29, 1.82) is 0 Å². The lowest BCUT2D eigenvalue weighted by Gasteiger charge is -2.26. The molecule has 74 valence electrons. The van der Waals surface area contributed by atoms with Gasteiger partial charge >= 0.3 is 5.97 Å². The average molecular weight is 182 g/mol. The smallest absolute Gasteiger partial charge is 0.330 e. The Morgan fingerprint density at radius 1 is 1.54 bits per heavy atom. The summed E-state index contributed by atoms with van der Waals surface area (Å²) in [6.07, 6.45) is 7.30. The maximum absolute atomic E-state index is 10.9. The summed E-state index contributed by atoms with van der Waals surface area (Å²) < 4.78 is 5.11. The maximum atomic E-state index is 10.9. The highest BCUT2D eigenvalue weighted by molar-refractivity contribution is 5.81. The molecule has 0 aromatic carbocycles. The van der Waals surface area contributed by atoms with Gasteiger partial charge in [-0.2, -0.15) is 0 Å². The Kier molecular flexibility index (Phi) is 3.52. The molecule has 0 saturated heterocycles. The molecule has 0 aliphatic heterocycles. The van der Waals surface area contributed by atoms with E-state index in [1.165, 1.54) is 31.8 Å². The summed E-state index contributed by atoms with van der Waals surface area (Å²) in [6, 6.07) is 0. The highest BCUT2D eigenvalue weighted by atomic mass is 16.5. The zero-order valence-electron chi connectivity index (χ0n) is 8.34. The Bertz CT molecular complexity index is 190. The van der Waals surface area contributed by atoms with Crippen LogP contribution in [-0.2, 0) is 9.53 Å². The molecule has 2 heteroatoms. The molecule has 0 bridgehead atoms. The molecular formula is C11H18O2. The van der Waals surface area contributed by atoms with E-state index in [1.54, 1.807) is 0 Å². The third-order valence-corrected chi connectivity index (χ3v) is 3.10. The third kappa shape index (κ3) is 2.58. The second kappa shape index (κ2) is 4.45. The number of hydrogen-bond acceptors (Lipinski definition) is 2. The van der Waals surface area contributed by atoms with Crippen LogP contribution in [0.3, 0.4) is 0 Å². The van der Waals surface area contributed by atoms with Crippen molar-refractivity contribution in [1.82, 2.24) is 0 Å². The lowest BCUT2D eigenvalue weighted by molar-refractivity contribution is -0.141.